The Labute approximate surface area is 198 Å². The summed E-state index contributed by atoms with van der Waals surface area (Å²) in [5.41, 5.74) is 4.33. The van der Waals surface area contributed by atoms with E-state index in [1.807, 2.05) is 36.7 Å². The molecular weight excluding hydrogens is 411 g/mol. The van der Waals surface area contributed by atoms with Gasteiger partial charge in [0.15, 0.2) is 5.82 Å². The van der Waals surface area contributed by atoms with E-state index in [0.717, 1.165) is 41.8 Å². The number of aryl methyl sites for hydroxylation is 1. The first-order chi connectivity index (χ1) is 16.2. The van der Waals surface area contributed by atoms with Crippen molar-refractivity contribution in [1.29, 1.82) is 0 Å². The molecule has 3 nitrogen and oxygen atoms in total. The molecule has 0 amide bonds. The monoisotopic (exact) mass is 448 g/mol. The van der Waals surface area contributed by atoms with Gasteiger partial charge >= 0.3 is 0 Å². The van der Waals surface area contributed by atoms with Crippen LogP contribution in [-0.4, -0.2) is 22.7 Å². The number of unbranched alkanes of at least 4 members (excludes halogenated alkanes) is 5. The largest absolute Gasteiger partial charge is 0.491 e. The summed E-state index contributed by atoms with van der Waals surface area (Å²) in [7, 11) is 0. The molecule has 0 aliphatic rings. The predicted molar refractivity (Wildman–Crippen MR) is 135 cm³/mol. The van der Waals surface area contributed by atoms with Gasteiger partial charge in [0.25, 0.3) is 0 Å². The lowest BCUT2D eigenvalue weighted by Gasteiger charge is -2.11. The van der Waals surface area contributed by atoms with Crippen LogP contribution in [0.5, 0.6) is 5.75 Å². The molecule has 0 saturated carbocycles. The zero-order valence-electron chi connectivity index (χ0n) is 20.1. The summed E-state index contributed by atoms with van der Waals surface area (Å²) >= 11 is 0. The molecule has 1 heterocycles. The normalized spacial score (nSPS) is 12.0. The summed E-state index contributed by atoms with van der Waals surface area (Å²) in [4.78, 5) is 9.11. The van der Waals surface area contributed by atoms with Crippen molar-refractivity contribution in [3.05, 3.63) is 66.5 Å². The lowest BCUT2D eigenvalue weighted by molar-refractivity contribution is 0.184. The Bertz CT molecular complexity index is 923. The third-order valence-corrected chi connectivity index (χ3v) is 5.92. The van der Waals surface area contributed by atoms with Gasteiger partial charge in [0.1, 0.15) is 18.5 Å². The van der Waals surface area contributed by atoms with Crippen LogP contribution in [0.2, 0.25) is 0 Å². The molecule has 4 heteroatoms. The first-order valence-electron chi connectivity index (χ1n) is 12.5. The van der Waals surface area contributed by atoms with Gasteiger partial charge in [-0.3, -0.25) is 0 Å². The average molecular weight is 449 g/mol. The minimum absolute atomic E-state index is 0.113. The molecule has 1 unspecified atom stereocenters. The van der Waals surface area contributed by atoms with E-state index in [1.54, 1.807) is 0 Å². The van der Waals surface area contributed by atoms with E-state index in [4.69, 9.17) is 4.74 Å². The van der Waals surface area contributed by atoms with Crippen molar-refractivity contribution in [3.8, 4) is 28.3 Å². The van der Waals surface area contributed by atoms with E-state index < -0.39 is 6.17 Å². The Balaban J connectivity index is 1.49. The molecule has 0 aliphatic heterocycles. The molecule has 1 aromatic heterocycles. The summed E-state index contributed by atoms with van der Waals surface area (Å²) in [5, 5.41) is 0. The molecular formula is C29H37FN2O. The van der Waals surface area contributed by atoms with Gasteiger partial charge < -0.3 is 4.74 Å². The highest BCUT2D eigenvalue weighted by molar-refractivity contribution is 5.64. The van der Waals surface area contributed by atoms with Crippen molar-refractivity contribution in [3.63, 3.8) is 0 Å². The summed E-state index contributed by atoms with van der Waals surface area (Å²) in [6, 6.07) is 16.2. The third kappa shape index (κ3) is 8.27. The minimum Gasteiger partial charge on any atom is -0.491 e. The fourth-order valence-electron chi connectivity index (χ4n) is 3.81. The zero-order chi connectivity index (χ0) is 23.3. The maximum absolute atomic E-state index is 14.1. The Hall–Kier alpha value is -2.75. The fourth-order valence-corrected chi connectivity index (χ4v) is 3.81. The van der Waals surface area contributed by atoms with E-state index in [9.17, 15) is 4.39 Å². The van der Waals surface area contributed by atoms with Crippen molar-refractivity contribution in [2.75, 3.05) is 6.61 Å². The summed E-state index contributed by atoms with van der Waals surface area (Å²) in [6.45, 7) is 4.51. The lowest BCUT2D eigenvalue weighted by atomic mass is 10.1. The van der Waals surface area contributed by atoms with Gasteiger partial charge in [-0.15, -0.1) is 0 Å². The Morgan fingerprint density at radius 3 is 2.03 bits per heavy atom. The molecule has 3 aromatic rings. The van der Waals surface area contributed by atoms with E-state index in [-0.39, 0.29) is 6.61 Å². The third-order valence-electron chi connectivity index (χ3n) is 5.92. The standard InChI is InChI=1S/C29H37FN2O/c1-3-5-7-8-9-11-27(30)22-33-28-18-16-24(17-19-28)26-20-31-29(32-21-26)25-14-12-23(13-15-25)10-6-4-2/h12-21,27H,3-11,22H2,1-2H3. The summed E-state index contributed by atoms with van der Waals surface area (Å²) in [6.07, 6.45) is 12.6. The second kappa shape index (κ2) is 13.7. The summed E-state index contributed by atoms with van der Waals surface area (Å²) < 4.78 is 19.7. The van der Waals surface area contributed by atoms with Gasteiger partial charge in [0.05, 0.1) is 0 Å². The van der Waals surface area contributed by atoms with Crippen LogP contribution in [0.3, 0.4) is 0 Å². The average Bonchev–Trinajstić information content (AvgIpc) is 2.87. The molecule has 0 radical (unpaired) electrons. The van der Waals surface area contributed by atoms with Crippen molar-refractivity contribution < 1.29 is 9.13 Å². The highest BCUT2D eigenvalue weighted by Crippen LogP contribution is 2.24. The number of halogens is 1. The van der Waals surface area contributed by atoms with Gasteiger partial charge in [0.2, 0.25) is 0 Å². The van der Waals surface area contributed by atoms with Crippen LogP contribution in [0.1, 0.15) is 70.8 Å². The molecule has 0 saturated heterocycles. The maximum Gasteiger partial charge on any atom is 0.159 e. The number of hydrogen-bond acceptors (Lipinski definition) is 3. The minimum atomic E-state index is -0.909. The van der Waals surface area contributed by atoms with E-state index >= 15 is 0 Å². The van der Waals surface area contributed by atoms with Gasteiger partial charge in [-0.2, -0.15) is 0 Å². The summed E-state index contributed by atoms with van der Waals surface area (Å²) in [5.74, 6) is 1.41. The number of alkyl halides is 1. The molecule has 2 aromatic carbocycles. The van der Waals surface area contributed by atoms with E-state index in [1.165, 1.54) is 37.7 Å². The molecule has 3 rings (SSSR count). The Kier molecular flexibility index (Phi) is 10.3. The highest BCUT2D eigenvalue weighted by Gasteiger charge is 2.08. The van der Waals surface area contributed by atoms with Crippen LogP contribution in [0.4, 0.5) is 4.39 Å². The first-order valence-corrected chi connectivity index (χ1v) is 12.5. The van der Waals surface area contributed by atoms with Crippen LogP contribution in [-0.2, 0) is 6.42 Å². The van der Waals surface area contributed by atoms with Crippen molar-refractivity contribution in [2.45, 2.75) is 77.8 Å². The molecule has 0 fully saturated rings. The Morgan fingerprint density at radius 1 is 0.727 bits per heavy atom. The SMILES string of the molecule is CCCCCCCC(F)COc1ccc(-c2cnc(-c3ccc(CCCC)cc3)nc2)cc1. The van der Waals surface area contributed by atoms with Crippen LogP contribution >= 0.6 is 0 Å². The van der Waals surface area contributed by atoms with Crippen molar-refractivity contribution >= 4 is 0 Å². The van der Waals surface area contributed by atoms with Crippen LogP contribution < -0.4 is 4.74 Å². The molecule has 0 bridgehead atoms. The zero-order valence-corrected chi connectivity index (χ0v) is 20.1. The molecule has 1 atom stereocenters. The van der Waals surface area contributed by atoms with Crippen molar-refractivity contribution in [1.82, 2.24) is 9.97 Å². The number of rotatable bonds is 14. The number of benzene rings is 2. The van der Waals surface area contributed by atoms with E-state index in [0.29, 0.717) is 12.2 Å². The molecule has 176 valence electrons. The van der Waals surface area contributed by atoms with Gasteiger partial charge in [0, 0.05) is 23.5 Å². The maximum atomic E-state index is 14.1. The number of nitrogens with zero attached hydrogens (tertiary/aromatic N) is 2. The Morgan fingerprint density at radius 2 is 1.36 bits per heavy atom. The molecule has 0 aliphatic carbocycles. The quantitative estimate of drug-likeness (QED) is 0.233. The molecule has 33 heavy (non-hydrogen) atoms. The second-order valence-corrected chi connectivity index (χ2v) is 8.73. The van der Waals surface area contributed by atoms with Crippen LogP contribution in [0.25, 0.3) is 22.5 Å². The van der Waals surface area contributed by atoms with E-state index in [2.05, 4.69) is 48.1 Å². The lowest BCUT2D eigenvalue weighted by Crippen LogP contribution is -2.12. The molecule has 0 spiro atoms. The highest BCUT2D eigenvalue weighted by atomic mass is 19.1. The van der Waals surface area contributed by atoms with Gasteiger partial charge in [-0.05, 0) is 42.5 Å². The predicted octanol–water partition coefficient (Wildman–Crippen LogP) is 8.23. The fraction of sp³-hybridized carbons (Fsp3) is 0.448. The number of ether oxygens (including phenoxy) is 1. The van der Waals surface area contributed by atoms with Crippen LogP contribution in [0, 0.1) is 0 Å². The number of aromatic nitrogens is 2. The van der Waals surface area contributed by atoms with Crippen LogP contribution in [0.15, 0.2) is 60.9 Å². The second-order valence-electron chi connectivity index (χ2n) is 8.73. The van der Waals surface area contributed by atoms with Gasteiger partial charge in [-0.1, -0.05) is 88.8 Å². The molecule has 0 N–H and O–H groups in total. The smallest absolute Gasteiger partial charge is 0.159 e. The van der Waals surface area contributed by atoms with Crippen molar-refractivity contribution in [2.24, 2.45) is 0 Å². The first kappa shape index (κ1) is 24.9. The number of hydrogen-bond donors (Lipinski definition) is 0. The van der Waals surface area contributed by atoms with Gasteiger partial charge in [-0.25, -0.2) is 14.4 Å². The topological polar surface area (TPSA) is 35.0 Å².